The Bertz CT molecular complexity index is 876. The van der Waals surface area contributed by atoms with Crippen molar-refractivity contribution in [3.05, 3.63) is 53.1 Å². The lowest BCUT2D eigenvalue weighted by molar-refractivity contribution is 0.226. The van der Waals surface area contributed by atoms with E-state index < -0.39 is 0 Å². The molecular weight excluding hydrogens is 350 g/mol. The quantitative estimate of drug-likeness (QED) is 0.805. The molecular formula is C23H29N3O2. The third-order valence-electron chi connectivity index (χ3n) is 5.63. The molecule has 0 aliphatic carbocycles. The Morgan fingerprint density at radius 2 is 1.75 bits per heavy atom. The van der Waals surface area contributed by atoms with Crippen LogP contribution in [0.2, 0.25) is 0 Å². The van der Waals surface area contributed by atoms with Gasteiger partial charge in [0, 0.05) is 29.3 Å². The summed E-state index contributed by atoms with van der Waals surface area (Å²) < 4.78 is 11.8. The Balaban J connectivity index is 1.87. The van der Waals surface area contributed by atoms with Gasteiger partial charge in [-0.3, -0.25) is 4.99 Å². The maximum absolute atomic E-state index is 5.92. The first-order valence-corrected chi connectivity index (χ1v) is 10.2. The maximum atomic E-state index is 5.92. The molecule has 0 aromatic heterocycles. The second-order valence-corrected chi connectivity index (χ2v) is 7.58. The molecule has 2 aromatic carbocycles. The fourth-order valence-electron chi connectivity index (χ4n) is 4.29. The van der Waals surface area contributed by atoms with Crippen LogP contribution in [0, 0.1) is 0 Å². The second-order valence-electron chi connectivity index (χ2n) is 7.58. The number of hydrogen-bond acceptors (Lipinski definition) is 5. The second kappa shape index (κ2) is 7.84. The molecule has 2 aromatic rings. The van der Waals surface area contributed by atoms with Gasteiger partial charge in [0.2, 0.25) is 0 Å². The number of ether oxygens (including phenoxy) is 2. The van der Waals surface area contributed by atoms with Crippen LogP contribution in [0.4, 0.5) is 5.69 Å². The van der Waals surface area contributed by atoms with Crippen molar-refractivity contribution in [2.45, 2.75) is 32.2 Å². The van der Waals surface area contributed by atoms with Gasteiger partial charge in [-0.25, -0.2) is 0 Å². The van der Waals surface area contributed by atoms with Gasteiger partial charge in [0.15, 0.2) is 11.5 Å². The van der Waals surface area contributed by atoms with Crippen molar-refractivity contribution in [1.82, 2.24) is 4.90 Å². The van der Waals surface area contributed by atoms with Gasteiger partial charge in [0.25, 0.3) is 0 Å². The van der Waals surface area contributed by atoms with Crippen LogP contribution in [-0.2, 0) is 0 Å². The van der Waals surface area contributed by atoms with Gasteiger partial charge in [-0.15, -0.1) is 0 Å². The topological polar surface area (TPSA) is 60.1 Å². The van der Waals surface area contributed by atoms with Crippen molar-refractivity contribution < 1.29 is 9.47 Å². The molecule has 2 atom stereocenters. The minimum absolute atomic E-state index is 0.295. The molecule has 0 saturated carbocycles. The molecule has 1 saturated heterocycles. The Labute approximate surface area is 167 Å². The lowest BCUT2D eigenvalue weighted by Gasteiger charge is -2.39. The standard InChI is InChI=1S/C23H29N3O2/c1-4-27-21-12-17-18(13-22(21)28-5-2)23(15-6-8-16(24)9-7-15)25-20-10-11-26(3)14-19(17)20/h6-9,12-13,19-20H,4-5,10-11,14,24H2,1-3H3/t19-,20-/m1/s1. The van der Waals surface area contributed by atoms with Crippen molar-refractivity contribution in [1.29, 1.82) is 0 Å². The molecule has 0 bridgehead atoms. The molecule has 0 amide bonds. The van der Waals surface area contributed by atoms with E-state index in [4.69, 9.17) is 20.2 Å². The highest BCUT2D eigenvalue weighted by Gasteiger charge is 2.36. The van der Waals surface area contributed by atoms with E-state index in [0.29, 0.717) is 25.2 Å². The monoisotopic (exact) mass is 379 g/mol. The van der Waals surface area contributed by atoms with Crippen LogP contribution in [0.15, 0.2) is 41.4 Å². The number of nitrogens with two attached hydrogens (primary N) is 1. The van der Waals surface area contributed by atoms with Gasteiger partial charge < -0.3 is 20.1 Å². The third kappa shape index (κ3) is 3.47. The molecule has 4 rings (SSSR count). The molecule has 5 heteroatoms. The number of fused-ring (bicyclic) bond motifs is 3. The summed E-state index contributed by atoms with van der Waals surface area (Å²) >= 11 is 0. The van der Waals surface area contributed by atoms with Crippen molar-refractivity contribution in [3.8, 4) is 11.5 Å². The minimum Gasteiger partial charge on any atom is -0.490 e. The fourth-order valence-corrected chi connectivity index (χ4v) is 4.29. The first-order valence-electron chi connectivity index (χ1n) is 10.2. The van der Waals surface area contributed by atoms with E-state index in [-0.39, 0.29) is 0 Å². The zero-order chi connectivity index (χ0) is 19.7. The average molecular weight is 380 g/mol. The summed E-state index contributed by atoms with van der Waals surface area (Å²) in [4.78, 5) is 7.60. The van der Waals surface area contributed by atoms with Crippen LogP contribution in [0.5, 0.6) is 11.5 Å². The van der Waals surface area contributed by atoms with Crippen LogP contribution < -0.4 is 15.2 Å². The van der Waals surface area contributed by atoms with Crippen LogP contribution in [0.25, 0.3) is 0 Å². The smallest absolute Gasteiger partial charge is 0.161 e. The number of anilines is 1. The zero-order valence-electron chi connectivity index (χ0n) is 16.9. The fraction of sp³-hybridized carbons (Fsp3) is 0.435. The highest BCUT2D eigenvalue weighted by Crippen LogP contribution is 2.42. The molecule has 2 N–H and O–H groups in total. The Morgan fingerprint density at radius 1 is 1.07 bits per heavy atom. The number of likely N-dealkylation sites (tertiary alicyclic amines) is 1. The Hall–Kier alpha value is -2.53. The maximum Gasteiger partial charge on any atom is 0.161 e. The van der Waals surface area contributed by atoms with Crippen molar-refractivity contribution >= 4 is 11.4 Å². The van der Waals surface area contributed by atoms with Crippen molar-refractivity contribution in [2.75, 3.05) is 39.1 Å². The van der Waals surface area contributed by atoms with E-state index in [9.17, 15) is 0 Å². The SMILES string of the molecule is CCOc1cc2c(cc1OCC)[C@H]1CN(C)CC[C@H]1N=C2c1ccc(N)cc1. The normalized spacial score (nSPS) is 21.5. The molecule has 28 heavy (non-hydrogen) atoms. The lowest BCUT2D eigenvalue weighted by atomic mass is 9.79. The highest BCUT2D eigenvalue weighted by atomic mass is 16.5. The number of benzene rings is 2. The van der Waals surface area contributed by atoms with E-state index >= 15 is 0 Å². The lowest BCUT2D eigenvalue weighted by Crippen LogP contribution is -2.41. The van der Waals surface area contributed by atoms with Gasteiger partial charge in [0.1, 0.15) is 0 Å². The number of nitrogens with zero attached hydrogens (tertiary/aromatic N) is 2. The van der Waals surface area contributed by atoms with E-state index in [2.05, 4.69) is 36.2 Å². The van der Waals surface area contributed by atoms with E-state index in [1.807, 2.05) is 26.0 Å². The minimum atomic E-state index is 0.295. The largest absolute Gasteiger partial charge is 0.490 e. The first kappa shape index (κ1) is 18.8. The summed E-state index contributed by atoms with van der Waals surface area (Å²) in [5, 5.41) is 0. The number of piperidine rings is 1. The molecule has 148 valence electrons. The van der Waals surface area contributed by atoms with Crippen molar-refractivity contribution in [3.63, 3.8) is 0 Å². The van der Waals surface area contributed by atoms with E-state index in [1.54, 1.807) is 0 Å². The summed E-state index contributed by atoms with van der Waals surface area (Å²) in [6.45, 7) is 7.30. The molecule has 2 aliphatic heterocycles. The Kier molecular flexibility index (Phi) is 5.27. The number of likely N-dealkylation sites (N-methyl/N-ethyl adjacent to an activating group) is 1. The molecule has 0 radical (unpaired) electrons. The van der Waals surface area contributed by atoms with Crippen LogP contribution in [0.3, 0.4) is 0 Å². The molecule has 2 aliphatic rings. The van der Waals surface area contributed by atoms with Gasteiger partial charge in [0.05, 0.1) is 25.0 Å². The molecule has 0 spiro atoms. The Morgan fingerprint density at radius 3 is 2.43 bits per heavy atom. The first-order chi connectivity index (χ1) is 13.6. The summed E-state index contributed by atoms with van der Waals surface area (Å²) in [5.41, 5.74) is 11.3. The summed E-state index contributed by atoms with van der Waals surface area (Å²) in [5.74, 6) is 1.99. The van der Waals surface area contributed by atoms with Crippen molar-refractivity contribution in [2.24, 2.45) is 4.99 Å². The number of hydrogen-bond donors (Lipinski definition) is 1. The van der Waals surface area contributed by atoms with E-state index in [0.717, 1.165) is 53.5 Å². The summed E-state index contributed by atoms with van der Waals surface area (Å²) in [7, 11) is 2.19. The van der Waals surface area contributed by atoms with Gasteiger partial charge in [-0.05, 0) is 63.7 Å². The summed E-state index contributed by atoms with van der Waals surface area (Å²) in [6.07, 6.45) is 1.07. The van der Waals surface area contributed by atoms with Gasteiger partial charge in [-0.1, -0.05) is 12.1 Å². The van der Waals surface area contributed by atoms with E-state index in [1.165, 1.54) is 5.56 Å². The molecule has 5 nitrogen and oxygen atoms in total. The predicted octanol–water partition coefficient (Wildman–Crippen LogP) is 3.70. The molecule has 2 heterocycles. The highest BCUT2D eigenvalue weighted by molar-refractivity contribution is 6.15. The van der Waals surface area contributed by atoms with Crippen LogP contribution in [0.1, 0.15) is 42.9 Å². The average Bonchev–Trinajstić information content (AvgIpc) is 2.69. The third-order valence-corrected chi connectivity index (χ3v) is 5.63. The van der Waals surface area contributed by atoms with Crippen LogP contribution in [-0.4, -0.2) is 50.0 Å². The van der Waals surface area contributed by atoms with Gasteiger partial charge >= 0.3 is 0 Å². The number of nitrogen functional groups attached to an aromatic ring is 1. The molecule has 0 unspecified atom stereocenters. The number of aliphatic imine (C=N–C) groups is 1. The zero-order valence-corrected chi connectivity index (χ0v) is 16.9. The van der Waals surface area contributed by atoms with Gasteiger partial charge in [-0.2, -0.15) is 0 Å². The summed E-state index contributed by atoms with van der Waals surface area (Å²) in [6, 6.07) is 12.6. The predicted molar refractivity (Wildman–Crippen MR) is 114 cm³/mol. The molecule has 1 fully saturated rings. The number of rotatable bonds is 5. The van der Waals surface area contributed by atoms with Crippen LogP contribution >= 0.6 is 0 Å².